The zero-order chi connectivity index (χ0) is 9.84. The molecule has 0 unspecified atom stereocenters. The van der Waals surface area contributed by atoms with Gasteiger partial charge in [-0.05, 0) is 17.7 Å². The summed E-state index contributed by atoms with van der Waals surface area (Å²) in [6.07, 6.45) is 0. The number of rotatable bonds is 3. The molecule has 0 saturated carbocycles. The summed E-state index contributed by atoms with van der Waals surface area (Å²) in [5.41, 5.74) is 6.33. The highest BCUT2D eigenvalue weighted by Gasteiger charge is 2.06. The van der Waals surface area contributed by atoms with Gasteiger partial charge in [-0.1, -0.05) is 17.7 Å². The smallest absolute Gasteiger partial charge is 0.250 e. The maximum absolute atomic E-state index is 10.8. The fourth-order valence-electron chi connectivity index (χ4n) is 1.01. The Kier molecular flexibility index (Phi) is 3.28. The van der Waals surface area contributed by atoms with Gasteiger partial charge in [0, 0.05) is 7.11 Å². The third kappa shape index (κ3) is 2.44. The zero-order valence-electron chi connectivity index (χ0n) is 7.21. The first-order valence-corrected chi connectivity index (χ1v) is 4.10. The van der Waals surface area contributed by atoms with Crippen LogP contribution in [0.3, 0.4) is 0 Å². The summed E-state index contributed by atoms with van der Waals surface area (Å²) in [5, 5.41) is 0.363. The van der Waals surface area contributed by atoms with Crippen LogP contribution in [0.5, 0.6) is 0 Å². The van der Waals surface area contributed by atoms with Gasteiger partial charge in [-0.2, -0.15) is 0 Å². The summed E-state index contributed by atoms with van der Waals surface area (Å²) in [6, 6.07) is 5.03. The number of carbonyl (C=O) groups excluding carboxylic acids is 1. The van der Waals surface area contributed by atoms with E-state index in [1.807, 2.05) is 0 Å². The Bertz CT molecular complexity index is 325. The highest BCUT2D eigenvalue weighted by Crippen LogP contribution is 2.17. The Labute approximate surface area is 81.4 Å². The Balaban J connectivity index is 2.98. The average Bonchev–Trinajstić information content (AvgIpc) is 2.04. The molecule has 0 aliphatic heterocycles. The van der Waals surface area contributed by atoms with Crippen molar-refractivity contribution in [3.63, 3.8) is 0 Å². The quantitative estimate of drug-likeness (QED) is 0.804. The van der Waals surface area contributed by atoms with Crippen LogP contribution in [0.1, 0.15) is 15.9 Å². The molecule has 0 saturated heterocycles. The van der Waals surface area contributed by atoms with Gasteiger partial charge < -0.3 is 10.5 Å². The number of amides is 1. The number of benzene rings is 1. The Morgan fingerprint density at radius 1 is 1.62 bits per heavy atom. The average molecular weight is 200 g/mol. The summed E-state index contributed by atoms with van der Waals surface area (Å²) in [5.74, 6) is -0.519. The maximum atomic E-state index is 10.8. The number of primary amides is 1. The van der Waals surface area contributed by atoms with Crippen LogP contribution >= 0.6 is 11.6 Å². The predicted molar refractivity (Wildman–Crippen MR) is 50.7 cm³/mol. The summed E-state index contributed by atoms with van der Waals surface area (Å²) in [6.45, 7) is 0.471. The van der Waals surface area contributed by atoms with Gasteiger partial charge in [0.25, 0.3) is 0 Å². The highest BCUT2D eigenvalue weighted by atomic mass is 35.5. The van der Waals surface area contributed by atoms with Gasteiger partial charge >= 0.3 is 0 Å². The van der Waals surface area contributed by atoms with E-state index in [2.05, 4.69) is 0 Å². The summed E-state index contributed by atoms with van der Waals surface area (Å²) in [7, 11) is 1.59. The molecule has 0 bridgehead atoms. The van der Waals surface area contributed by atoms with Gasteiger partial charge in [0.15, 0.2) is 0 Å². The molecular weight excluding hydrogens is 190 g/mol. The molecule has 0 fully saturated rings. The zero-order valence-corrected chi connectivity index (χ0v) is 7.97. The van der Waals surface area contributed by atoms with Crippen LogP contribution < -0.4 is 5.73 Å². The van der Waals surface area contributed by atoms with E-state index in [-0.39, 0.29) is 0 Å². The molecule has 0 atom stereocenters. The number of hydrogen-bond acceptors (Lipinski definition) is 2. The van der Waals surface area contributed by atoms with Crippen LogP contribution in [-0.2, 0) is 11.3 Å². The molecule has 1 aromatic rings. The SMILES string of the molecule is COCc1ccc(C(N)=O)c(Cl)c1. The topological polar surface area (TPSA) is 52.3 Å². The van der Waals surface area contributed by atoms with E-state index in [0.29, 0.717) is 17.2 Å². The number of carbonyl (C=O) groups is 1. The van der Waals surface area contributed by atoms with Crippen molar-refractivity contribution in [1.82, 2.24) is 0 Å². The number of ether oxygens (including phenoxy) is 1. The molecule has 2 N–H and O–H groups in total. The molecule has 0 aliphatic rings. The van der Waals surface area contributed by atoms with Crippen molar-refractivity contribution in [2.45, 2.75) is 6.61 Å². The third-order valence-electron chi connectivity index (χ3n) is 1.61. The molecule has 0 aliphatic carbocycles. The van der Waals surface area contributed by atoms with Crippen LogP contribution in [0, 0.1) is 0 Å². The van der Waals surface area contributed by atoms with E-state index in [4.69, 9.17) is 22.1 Å². The first-order valence-electron chi connectivity index (χ1n) is 3.72. The molecule has 1 aromatic carbocycles. The van der Waals surface area contributed by atoms with Crippen molar-refractivity contribution in [3.05, 3.63) is 34.3 Å². The monoisotopic (exact) mass is 199 g/mol. The van der Waals surface area contributed by atoms with Crippen LogP contribution in [-0.4, -0.2) is 13.0 Å². The van der Waals surface area contributed by atoms with Crippen LogP contribution in [0.2, 0.25) is 5.02 Å². The van der Waals surface area contributed by atoms with Crippen LogP contribution in [0.15, 0.2) is 18.2 Å². The summed E-state index contributed by atoms with van der Waals surface area (Å²) < 4.78 is 4.91. The number of halogens is 1. The predicted octanol–water partition coefficient (Wildman–Crippen LogP) is 1.59. The van der Waals surface area contributed by atoms with Crippen molar-refractivity contribution in [2.24, 2.45) is 5.73 Å². The molecule has 0 heterocycles. The van der Waals surface area contributed by atoms with Gasteiger partial charge in [0.2, 0.25) is 5.91 Å². The second kappa shape index (κ2) is 4.25. The molecule has 1 rings (SSSR count). The minimum atomic E-state index is -0.519. The maximum Gasteiger partial charge on any atom is 0.250 e. The lowest BCUT2D eigenvalue weighted by Gasteiger charge is -2.03. The molecule has 1 amide bonds. The van der Waals surface area contributed by atoms with E-state index in [1.165, 1.54) is 0 Å². The lowest BCUT2D eigenvalue weighted by Crippen LogP contribution is -2.11. The van der Waals surface area contributed by atoms with E-state index in [0.717, 1.165) is 5.56 Å². The number of nitrogens with two attached hydrogens (primary N) is 1. The highest BCUT2D eigenvalue weighted by molar-refractivity contribution is 6.33. The first-order chi connectivity index (χ1) is 6.15. The van der Waals surface area contributed by atoms with E-state index >= 15 is 0 Å². The van der Waals surface area contributed by atoms with E-state index in [9.17, 15) is 4.79 Å². The molecule has 70 valence electrons. The fraction of sp³-hybridized carbons (Fsp3) is 0.222. The lowest BCUT2D eigenvalue weighted by atomic mass is 10.1. The summed E-state index contributed by atoms with van der Waals surface area (Å²) in [4.78, 5) is 10.8. The largest absolute Gasteiger partial charge is 0.380 e. The van der Waals surface area contributed by atoms with Gasteiger partial charge in [-0.25, -0.2) is 0 Å². The molecule has 0 spiro atoms. The third-order valence-corrected chi connectivity index (χ3v) is 1.92. The minimum Gasteiger partial charge on any atom is -0.380 e. The van der Waals surface area contributed by atoms with Crippen LogP contribution in [0.25, 0.3) is 0 Å². The Morgan fingerprint density at radius 2 is 2.31 bits per heavy atom. The van der Waals surface area contributed by atoms with Gasteiger partial charge in [-0.15, -0.1) is 0 Å². The van der Waals surface area contributed by atoms with Crippen LogP contribution in [0.4, 0.5) is 0 Å². The minimum absolute atomic E-state index is 0.335. The Hall–Kier alpha value is -1.06. The van der Waals surface area contributed by atoms with Crippen molar-refractivity contribution in [2.75, 3.05) is 7.11 Å². The Morgan fingerprint density at radius 3 is 2.77 bits per heavy atom. The van der Waals surface area contributed by atoms with E-state index in [1.54, 1.807) is 25.3 Å². The van der Waals surface area contributed by atoms with Gasteiger partial charge in [0.05, 0.1) is 17.2 Å². The summed E-state index contributed by atoms with van der Waals surface area (Å²) >= 11 is 5.80. The first kappa shape index (κ1) is 10.0. The molecule has 4 heteroatoms. The molecule has 13 heavy (non-hydrogen) atoms. The van der Waals surface area contributed by atoms with E-state index < -0.39 is 5.91 Å². The molecular formula is C9H10ClNO2. The molecule has 3 nitrogen and oxygen atoms in total. The molecule has 0 aromatic heterocycles. The normalized spacial score (nSPS) is 10.0. The number of hydrogen-bond donors (Lipinski definition) is 1. The van der Waals surface area contributed by atoms with Crippen molar-refractivity contribution >= 4 is 17.5 Å². The fourth-order valence-corrected chi connectivity index (χ4v) is 1.31. The standard InChI is InChI=1S/C9H10ClNO2/c1-13-5-6-2-3-7(9(11)12)8(10)4-6/h2-4H,5H2,1H3,(H2,11,12). The lowest BCUT2D eigenvalue weighted by molar-refractivity contribution is 0.100. The van der Waals surface area contributed by atoms with Crippen molar-refractivity contribution in [3.8, 4) is 0 Å². The second-order valence-electron chi connectivity index (χ2n) is 2.61. The molecule has 0 radical (unpaired) electrons. The number of methoxy groups -OCH3 is 1. The van der Waals surface area contributed by atoms with Gasteiger partial charge in [-0.3, -0.25) is 4.79 Å². The second-order valence-corrected chi connectivity index (χ2v) is 3.02. The van der Waals surface area contributed by atoms with Crippen molar-refractivity contribution < 1.29 is 9.53 Å². The van der Waals surface area contributed by atoms with Gasteiger partial charge in [0.1, 0.15) is 0 Å². The van der Waals surface area contributed by atoms with Crippen molar-refractivity contribution in [1.29, 1.82) is 0 Å².